The standard InChI is InChI=1S/C14H21NO3S/c1-18-13(16)9-11(15-10-5-2-3-6-10)14(17)12-7-4-8-19-12/h4,7-8,10-11,14-15,17H,2-3,5-6,9H2,1H3. The monoisotopic (exact) mass is 283 g/mol. The summed E-state index contributed by atoms with van der Waals surface area (Å²) in [5, 5.41) is 15.8. The summed E-state index contributed by atoms with van der Waals surface area (Å²) in [5.74, 6) is -0.286. The molecule has 2 N–H and O–H groups in total. The number of methoxy groups -OCH3 is 1. The first kappa shape index (κ1) is 14.5. The molecule has 0 aliphatic heterocycles. The topological polar surface area (TPSA) is 58.6 Å². The van der Waals surface area contributed by atoms with Gasteiger partial charge in [-0.15, -0.1) is 11.3 Å². The van der Waals surface area contributed by atoms with Crippen molar-refractivity contribution in [2.45, 2.75) is 50.3 Å². The van der Waals surface area contributed by atoms with E-state index in [0.29, 0.717) is 6.04 Å². The molecule has 1 heterocycles. The first-order valence-corrected chi connectivity index (χ1v) is 7.63. The van der Waals surface area contributed by atoms with E-state index >= 15 is 0 Å². The lowest BCUT2D eigenvalue weighted by molar-refractivity contribution is -0.142. The van der Waals surface area contributed by atoms with E-state index in [9.17, 15) is 9.90 Å². The van der Waals surface area contributed by atoms with Gasteiger partial charge in [0.15, 0.2) is 0 Å². The zero-order chi connectivity index (χ0) is 13.7. The van der Waals surface area contributed by atoms with Crippen LogP contribution in [0.2, 0.25) is 0 Å². The maximum Gasteiger partial charge on any atom is 0.307 e. The van der Waals surface area contributed by atoms with E-state index in [4.69, 9.17) is 4.74 Å². The van der Waals surface area contributed by atoms with Crippen molar-refractivity contribution < 1.29 is 14.6 Å². The molecule has 0 radical (unpaired) electrons. The van der Waals surface area contributed by atoms with Crippen LogP contribution in [-0.4, -0.2) is 30.3 Å². The fourth-order valence-electron chi connectivity index (χ4n) is 2.58. The molecule has 2 atom stereocenters. The molecule has 19 heavy (non-hydrogen) atoms. The molecule has 1 aliphatic carbocycles. The Balaban J connectivity index is 2.01. The van der Waals surface area contributed by atoms with Gasteiger partial charge in [0.2, 0.25) is 0 Å². The molecule has 1 aromatic rings. The largest absolute Gasteiger partial charge is 0.469 e. The number of nitrogens with one attached hydrogen (secondary N) is 1. The van der Waals surface area contributed by atoms with E-state index in [-0.39, 0.29) is 18.4 Å². The van der Waals surface area contributed by atoms with E-state index in [1.807, 2.05) is 17.5 Å². The van der Waals surface area contributed by atoms with E-state index < -0.39 is 6.10 Å². The number of esters is 1. The van der Waals surface area contributed by atoms with Gasteiger partial charge >= 0.3 is 5.97 Å². The minimum absolute atomic E-state index is 0.200. The van der Waals surface area contributed by atoms with Gasteiger partial charge in [0.05, 0.1) is 13.5 Å². The lowest BCUT2D eigenvalue weighted by Crippen LogP contribution is -2.42. The molecule has 1 aliphatic rings. The average molecular weight is 283 g/mol. The highest BCUT2D eigenvalue weighted by Crippen LogP contribution is 2.26. The molecule has 4 nitrogen and oxygen atoms in total. The molecule has 1 aromatic heterocycles. The first-order valence-electron chi connectivity index (χ1n) is 6.75. The van der Waals surface area contributed by atoms with Crippen molar-refractivity contribution in [3.63, 3.8) is 0 Å². The lowest BCUT2D eigenvalue weighted by Gasteiger charge is -2.26. The Morgan fingerprint density at radius 3 is 2.89 bits per heavy atom. The van der Waals surface area contributed by atoms with Gasteiger partial charge in [0.25, 0.3) is 0 Å². The van der Waals surface area contributed by atoms with Crippen molar-refractivity contribution >= 4 is 17.3 Å². The minimum Gasteiger partial charge on any atom is -0.469 e. The molecule has 1 fully saturated rings. The fraction of sp³-hybridized carbons (Fsp3) is 0.643. The van der Waals surface area contributed by atoms with E-state index in [2.05, 4.69) is 5.32 Å². The molecule has 2 rings (SSSR count). The van der Waals surface area contributed by atoms with Crippen molar-refractivity contribution in [2.24, 2.45) is 0 Å². The Bertz CT molecular complexity index is 387. The molecule has 0 bridgehead atoms. The van der Waals surface area contributed by atoms with Gasteiger partial charge in [-0.1, -0.05) is 18.9 Å². The lowest BCUT2D eigenvalue weighted by atomic mass is 10.0. The zero-order valence-electron chi connectivity index (χ0n) is 11.2. The number of hydrogen-bond donors (Lipinski definition) is 2. The Kier molecular flexibility index (Phi) is 5.36. The minimum atomic E-state index is -0.653. The summed E-state index contributed by atoms with van der Waals surface area (Å²) < 4.78 is 4.73. The number of thiophene rings is 1. The molecule has 0 saturated heterocycles. The Morgan fingerprint density at radius 2 is 2.32 bits per heavy atom. The summed E-state index contributed by atoms with van der Waals surface area (Å²) in [6.07, 6.45) is 4.23. The van der Waals surface area contributed by atoms with Crippen LogP contribution in [0.25, 0.3) is 0 Å². The second-order valence-corrected chi connectivity index (χ2v) is 5.97. The summed E-state index contributed by atoms with van der Waals surface area (Å²) in [4.78, 5) is 12.4. The maximum absolute atomic E-state index is 11.5. The van der Waals surface area contributed by atoms with Crippen LogP contribution in [-0.2, 0) is 9.53 Å². The van der Waals surface area contributed by atoms with Gasteiger partial charge in [-0.05, 0) is 24.3 Å². The van der Waals surface area contributed by atoms with Gasteiger partial charge in [0, 0.05) is 17.0 Å². The Labute approximate surface area is 117 Å². The molecule has 2 unspecified atom stereocenters. The third kappa shape index (κ3) is 4.03. The van der Waals surface area contributed by atoms with Crippen molar-refractivity contribution in [1.82, 2.24) is 5.32 Å². The maximum atomic E-state index is 11.5. The number of ether oxygens (including phenoxy) is 1. The van der Waals surface area contributed by atoms with Crippen LogP contribution in [0, 0.1) is 0 Å². The van der Waals surface area contributed by atoms with Crippen LogP contribution < -0.4 is 5.32 Å². The second kappa shape index (κ2) is 7.03. The summed E-state index contributed by atoms with van der Waals surface area (Å²) in [6.45, 7) is 0. The highest BCUT2D eigenvalue weighted by Gasteiger charge is 2.28. The third-order valence-electron chi connectivity index (χ3n) is 3.64. The molecule has 106 valence electrons. The van der Waals surface area contributed by atoms with Crippen LogP contribution in [0.15, 0.2) is 17.5 Å². The highest BCUT2D eigenvalue weighted by atomic mass is 32.1. The molecule has 0 spiro atoms. The predicted octanol–water partition coefficient (Wildman–Crippen LogP) is 2.25. The SMILES string of the molecule is COC(=O)CC(NC1CCCC1)C(O)c1cccs1. The van der Waals surface area contributed by atoms with E-state index in [1.165, 1.54) is 31.3 Å². The smallest absolute Gasteiger partial charge is 0.307 e. The summed E-state index contributed by atoms with van der Waals surface area (Å²) in [7, 11) is 1.38. The van der Waals surface area contributed by atoms with Crippen LogP contribution in [0.3, 0.4) is 0 Å². The van der Waals surface area contributed by atoms with Gasteiger partial charge in [0.1, 0.15) is 6.10 Å². The van der Waals surface area contributed by atoms with Crippen LogP contribution in [0.5, 0.6) is 0 Å². The molecular weight excluding hydrogens is 262 g/mol. The van der Waals surface area contributed by atoms with Crippen molar-refractivity contribution in [1.29, 1.82) is 0 Å². The van der Waals surface area contributed by atoms with Gasteiger partial charge in [-0.2, -0.15) is 0 Å². The third-order valence-corrected chi connectivity index (χ3v) is 4.58. The van der Waals surface area contributed by atoms with Crippen molar-refractivity contribution in [3.8, 4) is 0 Å². The first-order chi connectivity index (χ1) is 9.20. The molecular formula is C14H21NO3S. The van der Waals surface area contributed by atoms with Gasteiger partial charge in [-0.25, -0.2) is 0 Å². The predicted molar refractivity (Wildman–Crippen MR) is 75.1 cm³/mol. The van der Waals surface area contributed by atoms with E-state index in [1.54, 1.807) is 0 Å². The summed E-state index contributed by atoms with van der Waals surface area (Å²) in [5.41, 5.74) is 0. The van der Waals surface area contributed by atoms with Crippen LogP contribution >= 0.6 is 11.3 Å². The summed E-state index contributed by atoms with van der Waals surface area (Å²) in [6, 6.07) is 3.95. The number of carbonyl (C=O) groups is 1. The summed E-state index contributed by atoms with van der Waals surface area (Å²) >= 11 is 1.51. The highest BCUT2D eigenvalue weighted by molar-refractivity contribution is 7.10. The fourth-order valence-corrected chi connectivity index (χ4v) is 3.35. The Morgan fingerprint density at radius 1 is 1.58 bits per heavy atom. The number of rotatable bonds is 6. The normalized spacial score (nSPS) is 19.3. The van der Waals surface area contributed by atoms with Crippen LogP contribution in [0.1, 0.15) is 43.1 Å². The second-order valence-electron chi connectivity index (χ2n) is 5.00. The molecule has 5 heteroatoms. The van der Waals surface area contributed by atoms with Crippen molar-refractivity contribution in [2.75, 3.05) is 7.11 Å². The van der Waals surface area contributed by atoms with Crippen molar-refractivity contribution in [3.05, 3.63) is 22.4 Å². The van der Waals surface area contributed by atoms with Gasteiger partial charge < -0.3 is 15.2 Å². The zero-order valence-corrected chi connectivity index (χ0v) is 12.0. The molecule has 1 saturated carbocycles. The average Bonchev–Trinajstić information content (AvgIpc) is 3.09. The van der Waals surface area contributed by atoms with Gasteiger partial charge in [-0.3, -0.25) is 4.79 Å². The number of carbonyl (C=O) groups excluding carboxylic acids is 1. The number of aliphatic hydroxyl groups is 1. The van der Waals surface area contributed by atoms with Crippen LogP contribution in [0.4, 0.5) is 0 Å². The quantitative estimate of drug-likeness (QED) is 0.786. The molecule has 0 aromatic carbocycles. The molecule has 0 amide bonds. The number of aliphatic hydroxyl groups excluding tert-OH is 1. The Hall–Kier alpha value is -0.910. The number of hydrogen-bond acceptors (Lipinski definition) is 5. The van der Waals surface area contributed by atoms with E-state index in [0.717, 1.165) is 17.7 Å².